The molecule has 2 rings (SSSR count). The Morgan fingerprint density at radius 1 is 1.59 bits per heavy atom. The number of carbonyl (C=O) groups excluding carboxylic acids is 1. The Hall–Kier alpha value is -2.22. The average Bonchev–Trinajstić information content (AvgIpc) is 2.67. The van der Waals surface area contributed by atoms with Crippen LogP contribution in [0, 0.1) is 11.7 Å². The van der Waals surface area contributed by atoms with Crippen LogP contribution in [0.5, 0.6) is 0 Å². The van der Waals surface area contributed by atoms with Crippen LogP contribution in [0.4, 0.5) is 10.5 Å². The van der Waals surface area contributed by atoms with E-state index in [1.54, 1.807) is 6.07 Å². The van der Waals surface area contributed by atoms with Crippen molar-refractivity contribution in [1.82, 2.24) is 20.2 Å². The van der Waals surface area contributed by atoms with Crippen LogP contribution in [0.25, 0.3) is 5.69 Å². The van der Waals surface area contributed by atoms with E-state index in [9.17, 15) is 4.79 Å². The predicted octanol–water partition coefficient (Wildman–Crippen LogP) is 1.12. The Kier molecular flexibility index (Phi) is 2.88. The lowest BCUT2D eigenvalue weighted by Gasteiger charge is -2.11. The molecule has 0 unspecified atom stereocenters. The average molecular weight is 250 g/mol. The highest BCUT2D eigenvalue weighted by Crippen LogP contribution is 2.23. The fourth-order valence-electron chi connectivity index (χ4n) is 1.48. The Morgan fingerprint density at radius 2 is 2.35 bits per heavy atom. The number of hydrogen-bond acceptors (Lipinski definition) is 4. The van der Waals surface area contributed by atoms with Crippen molar-refractivity contribution in [2.24, 2.45) is 5.73 Å². The SMILES string of the molecule is Cc1cccc(-n2[nH]nnc2=S)c1NC(N)=O. The molecule has 0 atom stereocenters. The molecule has 2 aromatic rings. The monoisotopic (exact) mass is 250 g/mol. The van der Waals surface area contributed by atoms with Crippen molar-refractivity contribution in [3.63, 3.8) is 0 Å². The van der Waals surface area contributed by atoms with Gasteiger partial charge in [-0.05, 0) is 30.8 Å². The first-order chi connectivity index (χ1) is 8.09. The number of para-hydroxylation sites is 1. The maximum Gasteiger partial charge on any atom is 0.316 e. The minimum atomic E-state index is -0.639. The van der Waals surface area contributed by atoms with Crippen LogP contribution in [0.1, 0.15) is 5.56 Å². The van der Waals surface area contributed by atoms with Crippen LogP contribution in [0.3, 0.4) is 0 Å². The number of benzene rings is 1. The van der Waals surface area contributed by atoms with Gasteiger partial charge in [-0.2, -0.15) is 5.21 Å². The topological polar surface area (TPSA) is 102 Å². The first-order valence-electron chi connectivity index (χ1n) is 4.76. The second kappa shape index (κ2) is 4.34. The number of rotatable bonds is 2. The fourth-order valence-corrected chi connectivity index (χ4v) is 1.66. The van der Waals surface area contributed by atoms with Gasteiger partial charge in [-0.15, -0.1) is 0 Å². The molecule has 7 nitrogen and oxygen atoms in total. The molecule has 0 aliphatic heterocycles. The molecule has 88 valence electrons. The number of aromatic nitrogens is 4. The van der Waals surface area contributed by atoms with Gasteiger partial charge in [-0.1, -0.05) is 22.4 Å². The van der Waals surface area contributed by atoms with E-state index < -0.39 is 6.03 Å². The molecule has 8 heteroatoms. The summed E-state index contributed by atoms with van der Waals surface area (Å²) < 4.78 is 1.75. The van der Waals surface area contributed by atoms with E-state index in [0.717, 1.165) is 5.56 Å². The van der Waals surface area contributed by atoms with Gasteiger partial charge in [-0.25, -0.2) is 9.48 Å². The summed E-state index contributed by atoms with van der Waals surface area (Å²) in [7, 11) is 0. The van der Waals surface area contributed by atoms with Crippen molar-refractivity contribution >= 4 is 23.9 Å². The van der Waals surface area contributed by atoms with Crippen LogP contribution < -0.4 is 11.1 Å². The summed E-state index contributed by atoms with van der Waals surface area (Å²) in [5.41, 5.74) is 7.20. The lowest BCUT2D eigenvalue weighted by atomic mass is 10.1. The van der Waals surface area contributed by atoms with Crippen LogP contribution in [-0.2, 0) is 0 Å². The van der Waals surface area contributed by atoms with E-state index >= 15 is 0 Å². The number of primary amides is 1. The molecule has 0 spiro atoms. The number of aryl methyl sites for hydroxylation is 1. The molecule has 0 aliphatic rings. The van der Waals surface area contributed by atoms with Crippen molar-refractivity contribution in [2.75, 3.05) is 5.32 Å². The van der Waals surface area contributed by atoms with E-state index in [0.29, 0.717) is 11.4 Å². The number of urea groups is 1. The van der Waals surface area contributed by atoms with Crippen molar-refractivity contribution in [3.8, 4) is 5.69 Å². The Morgan fingerprint density at radius 3 is 2.94 bits per heavy atom. The van der Waals surface area contributed by atoms with Gasteiger partial charge in [0.2, 0.25) is 4.77 Å². The molecule has 0 radical (unpaired) electrons. The van der Waals surface area contributed by atoms with Gasteiger partial charge in [0.1, 0.15) is 0 Å². The predicted molar refractivity (Wildman–Crippen MR) is 64.5 cm³/mol. The Bertz CT molecular complexity index is 616. The molecule has 0 saturated heterocycles. The zero-order valence-electron chi connectivity index (χ0n) is 8.97. The number of anilines is 1. The van der Waals surface area contributed by atoms with Gasteiger partial charge in [0, 0.05) is 0 Å². The van der Waals surface area contributed by atoms with Crippen LogP contribution >= 0.6 is 12.2 Å². The van der Waals surface area contributed by atoms with Gasteiger partial charge >= 0.3 is 6.03 Å². The molecule has 1 heterocycles. The lowest BCUT2D eigenvalue weighted by molar-refractivity contribution is 0.259. The Balaban J connectivity index is 2.62. The maximum absolute atomic E-state index is 11.0. The van der Waals surface area contributed by atoms with Crippen molar-refractivity contribution in [2.45, 2.75) is 6.92 Å². The first-order valence-corrected chi connectivity index (χ1v) is 5.17. The summed E-state index contributed by atoms with van der Waals surface area (Å²) >= 11 is 5.00. The summed E-state index contributed by atoms with van der Waals surface area (Å²) in [6.45, 7) is 1.85. The number of hydrogen-bond donors (Lipinski definition) is 3. The molecular formula is C9H10N6OS. The largest absolute Gasteiger partial charge is 0.351 e. The van der Waals surface area contributed by atoms with E-state index in [2.05, 4.69) is 20.8 Å². The summed E-state index contributed by atoms with van der Waals surface area (Å²) in [6.07, 6.45) is 0. The molecule has 1 aromatic heterocycles. The number of amides is 2. The minimum Gasteiger partial charge on any atom is -0.351 e. The van der Waals surface area contributed by atoms with Gasteiger partial charge in [-0.3, -0.25) is 0 Å². The maximum atomic E-state index is 11.0. The number of H-pyrrole nitrogens is 1. The first kappa shape index (κ1) is 11.3. The second-order valence-electron chi connectivity index (χ2n) is 3.38. The smallest absolute Gasteiger partial charge is 0.316 e. The Labute approximate surface area is 102 Å². The highest BCUT2D eigenvalue weighted by atomic mass is 32.1. The molecule has 2 amide bonds. The van der Waals surface area contributed by atoms with Crippen LogP contribution in [0.15, 0.2) is 18.2 Å². The summed E-state index contributed by atoms with van der Waals surface area (Å²) in [5, 5.41) is 12.4. The number of tetrazole rings is 1. The summed E-state index contributed by atoms with van der Waals surface area (Å²) in [6, 6.07) is 4.81. The highest BCUT2D eigenvalue weighted by molar-refractivity contribution is 7.71. The molecule has 0 saturated carbocycles. The number of nitrogens with one attached hydrogen (secondary N) is 2. The zero-order valence-corrected chi connectivity index (χ0v) is 9.78. The standard InChI is InChI=1S/C9H10N6OS/c1-5-3-2-4-6(7(5)11-8(10)16)15-9(17)12-13-14-15/h2-4H,1H3,(H3,10,11,16)(H,12,14,17). The third-order valence-corrected chi connectivity index (χ3v) is 2.48. The van der Waals surface area contributed by atoms with E-state index in [-0.39, 0.29) is 4.77 Å². The quantitative estimate of drug-likeness (QED) is 0.695. The number of carbonyl (C=O) groups is 1. The number of nitrogens with zero attached hydrogens (tertiary/aromatic N) is 3. The van der Waals surface area contributed by atoms with Crippen molar-refractivity contribution in [1.29, 1.82) is 0 Å². The van der Waals surface area contributed by atoms with Crippen LogP contribution in [0.2, 0.25) is 0 Å². The summed E-state index contributed by atoms with van der Waals surface area (Å²) in [4.78, 5) is 11.0. The normalized spacial score (nSPS) is 10.2. The molecule has 0 bridgehead atoms. The van der Waals surface area contributed by atoms with E-state index in [1.807, 2.05) is 19.1 Å². The number of aromatic amines is 1. The molecular weight excluding hydrogens is 240 g/mol. The second-order valence-corrected chi connectivity index (χ2v) is 3.74. The van der Waals surface area contributed by atoms with Gasteiger partial charge < -0.3 is 11.1 Å². The van der Waals surface area contributed by atoms with Crippen molar-refractivity contribution in [3.05, 3.63) is 28.5 Å². The molecule has 0 aliphatic carbocycles. The van der Waals surface area contributed by atoms with E-state index in [1.165, 1.54) is 4.68 Å². The molecule has 4 N–H and O–H groups in total. The van der Waals surface area contributed by atoms with Crippen LogP contribution in [-0.4, -0.2) is 26.2 Å². The highest BCUT2D eigenvalue weighted by Gasteiger charge is 2.10. The zero-order chi connectivity index (χ0) is 12.4. The molecule has 1 aromatic carbocycles. The van der Waals surface area contributed by atoms with Gasteiger partial charge in [0.05, 0.1) is 11.4 Å². The third kappa shape index (κ3) is 2.16. The minimum absolute atomic E-state index is 0.267. The van der Waals surface area contributed by atoms with Crippen molar-refractivity contribution < 1.29 is 4.79 Å². The molecule has 17 heavy (non-hydrogen) atoms. The van der Waals surface area contributed by atoms with Gasteiger partial charge in [0.25, 0.3) is 0 Å². The van der Waals surface area contributed by atoms with Gasteiger partial charge in [0.15, 0.2) is 0 Å². The number of nitrogens with two attached hydrogens (primary N) is 1. The lowest BCUT2D eigenvalue weighted by Crippen LogP contribution is -2.21. The van der Waals surface area contributed by atoms with E-state index in [4.69, 9.17) is 18.0 Å². The fraction of sp³-hybridized carbons (Fsp3) is 0.111. The summed E-state index contributed by atoms with van der Waals surface area (Å²) in [5.74, 6) is 0. The third-order valence-electron chi connectivity index (χ3n) is 2.21. The molecule has 0 fully saturated rings.